The summed E-state index contributed by atoms with van der Waals surface area (Å²) in [5.41, 5.74) is 0.376. The average molecular weight is 612 g/mol. The van der Waals surface area contributed by atoms with Crippen molar-refractivity contribution in [3.05, 3.63) is 96.6 Å². The van der Waals surface area contributed by atoms with Crippen molar-refractivity contribution in [3.63, 3.8) is 0 Å². The van der Waals surface area contributed by atoms with E-state index in [4.69, 9.17) is 9.47 Å². The number of rotatable bonds is 8. The highest BCUT2D eigenvalue weighted by Crippen LogP contribution is 2.31. The van der Waals surface area contributed by atoms with Gasteiger partial charge in [-0.2, -0.15) is 0 Å². The van der Waals surface area contributed by atoms with E-state index in [9.17, 15) is 44.7 Å². The Morgan fingerprint density at radius 1 is 0.512 bits per heavy atom. The van der Waals surface area contributed by atoms with Crippen LogP contribution in [-0.4, -0.2) is 24.7 Å². The lowest BCUT2D eigenvalue weighted by Gasteiger charge is -2.11. The highest BCUT2D eigenvalue weighted by atomic mass is 19.4. The van der Waals surface area contributed by atoms with Gasteiger partial charge in [0.1, 0.15) is 41.1 Å². The van der Waals surface area contributed by atoms with Crippen LogP contribution < -0.4 is 18.9 Å². The number of ether oxygens (including phenoxy) is 4. The number of carbonyl (C=O) groups is 2. The van der Waals surface area contributed by atoms with Crippen molar-refractivity contribution in [1.82, 2.24) is 0 Å². The zero-order valence-corrected chi connectivity index (χ0v) is 21.3. The van der Waals surface area contributed by atoms with Crippen molar-refractivity contribution >= 4 is 11.9 Å². The first kappa shape index (κ1) is 30.8. The summed E-state index contributed by atoms with van der Waals surface area (Å²) in [6.07, 6.45) is -10.7. The molecule has 0 N–H and O–H groups in total. The van der Waals surface area contributed by atoms with Crippen LogP contribution in [0.1, 0.15) is 6.42 Å². The van der Waals surface area contributed by atoms with Gasteiger partial charge in [-0.3, -0.25) is 9.59 Å². The van der Waals surface area contributed by atoms with Crippen LogP contribution in [0.4, 0.5) is 35.1 Å². The largest absolute Gasteiger partial charge is 0.573 e. The number of alkyl halides is 6. The number of hydrogen-bond acceptors (Lipinski definition) is 6. The first-order chi connectivity index (χ1) is 20.1. The van der Waals surface area contributed by atoms with Gasteiger partial charge in [-0.05, 0) is 59.7 Å². The van der Waals surface area contributed by atoms with Gasteiger partial charge in [-0.15, -0.1) is 26.3 Å². The average Bonchev–Trinajstić information content (AvgIpc) is 2.88. The second kappa shape index (κ2) is 12.4. The first-order valence-electron chi connectivity index (χ1n) is 11.9. The van der Waals surface area contributed by atoms with Crippen LogP contribution in [0.5, 0.6) is 23.0 Å². The van der Waals surface area contributed by atoms with Gasteiger partial charge in [-0.25, -0.2) is 8.78 Å². The molecule has 0 bridgehead atoms. The molecule has 4 rings (SSSR count). The number of carbonyl (C=O) groups excluding carboxylic acids is 2. The minimum Gasteiger partial charge on any atom is -0.426 e. The first-order valence-corrected chi connectivity index (χ1v) is 11.9. The monoisotopic (exact) mass is 612 g/mol. The summed E-state index contributed by atoms with van der Waals surface area (Å²) in [5.74, 6) is -5.59. The number of hydrogen-bond donors (Lipinski definition) is 0. The molecular weight excluding hydrogens is 596 g/mol. The van der Waals surface area contributed by atoms with Crippen LogP contribution in [0.25, 0.3) is 22.3 Å². The van der Waals surface area contributed by atoms with E-state index in [1.54, 1.807) is 0 Å². The van der Waals surface area contributed by atoms with Gasteiger partial charge in [0.2, 0.25) is 0 Å². The molecule has 14 heteroatoms. The van der Waals surface area contributed by atoms with Crippen molar-refractivity contribution in [3.8, 4) is 45.3 Å². The molecule has 0 saturated carbocycles. The lowest BCUT2D eigenvalue weighted by Crippen LogP contribution is -2.18. The minimum atomic E-state index is -4.89. The minimum absolute atomic E-state index is 0.0196. The maximum absolute atomic E-state index is 14.6. The quantitative estimate of drug-likeness (QED) is 0.0870. The molecule has 0 saturated heterocycles. The van der Waals surface area contributed by atoms with Crippen molar-refractivity contribution in [2.45, 2.75) is 19.1 Å². The zero-order chi connectivity index (χ0) is 31.4. The fraction of sp³-hybridized carbons (Fsp3) is 0.103. The van der Waals surface area contributed by atoms with E-state index in [-0.39, 0.29) is 33.8 Å². The maximum atomic E-state index is 14.6. The van der Waals surface area contributed by atoms with Gasteiger partial charge < -0.3 is 18.9 Å². The number of esters is 2. The molecule has 0 fully saturated rings. The molecule has 0 aliphatic carbocycles. The molecular formula is C29H16F8O6. The van der Waals surface area contributed by atoms with Gasteiger partial charge >= 0.3 is 24.7 Å². The Morgan fingerprint density at radius 2 is 0.837 bits per heavy atom. The molecule has 0 amide bonds. The van der Waals surface area contributed by atoms with Crippen molar-refractivity contribution < 1.29 is 63.7 Å². The molecule has 4 aromatic rings. The van der Waals surface area contributed by atoms with E-state index < -0.39 is 54.2 Å². The molecule has 0 unspecified atom stereocenters. The molecule has 0 aromatic heterocycles. The van der Waals surface area contributed by atoms with Crippen LogP contribution in [-0.2, 0) is 9.59 Å². The van der Waals surface area contributed by atoms with Crippen molar-refractivity contribution in [1.29, 1.82) is 0 Å². The summed E-state index contributed by atoms with van der Waals surface area (Å²) in [5, 5.41) is 0. The third-order valence-corrected chi connectivity index (χ3v) is 5.43. The van der Waals surface area contributed by atoms with Crippen molar-refractivity contribution in [2.75, 3.05) is 0 Å². The molecule has 224 valence electrons. The smallest absolute Gasteiger partial charge is 0.426 e. The third kappa shape index (κ3) is 8.92. The van der Waals surface area contributed by atoms with Gasteiger partial charge in [0.15, 0.2) is 0 Å². The normalized spacial score (nSPS) is 11.5. The van der Waals surface area contributed by atoms with Crippen LogP contribution >= 0.6 is 0 Å². The molecule has 0 heterocycles. The fourth-order valence-electron chi connectivity index (χ4n) is 3.71. The van der Waals surface area contributed by atoms with Crippen LogP contribution in [0, 0.1) is 11.6 Å². The highest BCUT2D eigenvalue weighted by Gasteiger charge is 2.31. The Labute approximate surface area is 237 Å². The molecule has 0 atom stereocenters. The predicted octanol–water partition coefficient (Wildman–Crippen LogP) is 8.00. The summed E-state index contributed by atoms with van der Waals surface area (Å²) >= 11 is 0. The van der Waals surface area contributed by atoms with Gasteiger partial charge in [-0.1, -0.05) is 24.3 Å². The molecule has 0 aliphatic heterocycles. The second-order valence-corrected chi connectivity index (χ2v) is 8.55. The molecule has 0 spiro atoms. The van der Waals surface area contributed by atoms with Gasteiger partial charge in [0, 0.05) is 23.3 Å². The molecule has 6 nitrogen and oxygen atoms in total. The van der Waals surface area contributed by atoms with E-state index >= 15 is 0 Å². The topological polar surface area (TPSA) is 71.1 Å². The predicted molar refractivity (Wildman–Crippen MR) is 133 cm³/mol. The lowest BCUT2D eigenvalue weighted by atomic mass is 10.0. The summed E-state index contributed by atoms with van der Waals surface area (Å²) in [6.45, 7) is 0. The van der Waals surface area contributed by atoms with E-state index in [1.165, 1.54) is 48.5 Å². The molecule has 0 aliphatic rings. The van der Waals surface area contributed by atoms with E-state index in [1.807, 2.05) is 0 Å². The molecule has 0 radical (unpaired) electrons. The van der Waals surface area contributed by atoms with E-state index in [0.29, 0.717) is 0 Å². The van der Waals surface area contributed by atoms with Crippen LogP contribution in [0.2, 0.25) is 0 Å². The molecule has 4 aromatic carbocycles. The van der Waals surface area contributed by atoms with Crippen LogP contribution in [0.3, 0.4) is 0 Å². The van der Waals surface area contributed by atoms with Gasteiger partial charge in [0.25, 0.3) is 0 Å². The summed E-state index contributed by atoms with van der Waals surface area (Å²) in [4.78, 5) is 24.3. The van der Waals surface area contributed by atoms with Crippen LogP contribution in [0.15, 0.2) is 84.9 Å². The standard InChI is InChI=1S/C29H16F8O6/c30-24-13-20(9-11-22(24)16-1-5-18(6-2-16)42-28(32,33)34)40-26(38)15-27(39)41-21-10-12-23(25(31)14-21)17-3-7-19(8-4-17)43-29(35,36)37/h1-14H,15H2. The summed E-state index contributed by atoms with van der Waals surface area (Å²) in [7, 11) is 0. The second-order valence-electron chi connectivity index (χ2n) is 8.55. The van der Waals surface area contributed by atoms with E-state index in [0.717, 1.165) is 36.4 Å². The van der Waals surface area contributed by atoms with Gasteiger partial charge in [0.05, 0.1) is 0 Å². The summed E-state index contributed by atoms with van der Waals surface area (Å²) in [6, 6.07) is 15.2. The Hall–Kier alpha value is -5.14. The van der Waals surface area contributed by atoms with E-state index in [2.05, 4.69) is 9.47 Å². The highest BCUT2D eigenvalue weighted by molar-refractivity contribution is 5.93. The Morgan fingerprint density at radius 3 is 1.14 bits per heavy atom. The SMILES string of the molecule is O=C(CC(=O)Oc1ccc(-c2ccc(OC(F)(F)F)cc2)c(F)c1)Oc1ccc(-c2ccc(OC(F)(F)F)cc2)c(F)c1. The number of halogens is 8. The number of benzene rings is 4. The zero-order valence-electron chi connectivity index (χ0n) is 21.3. The summed E-state index contributed by atoms with van der Waals surface area (Å²) < 4.78 is 120. The third-order valence-electron chi connectivity index (χ3n) is 5.43. The fourth-order valence-corrected chi connectivity index (χ4v) is 3.71. The Balaban J connectivity index is 1.33. The van der Waals surface area contributed by atoms with Crippen molar-refractivity contribution in [2.24, 2.45) is 0 Å². The maximum Gasteiger partial charge on any atom is 0.573 e. The Kier molecular flexibility index (Phi) is 8.88. The Bertz CT molecular complexity index is 1490. The lowest BCUT2D eigenvalue weighted by molar-refractivity contribution is -0.275. The molecule has 43 heavy (non-hydrogen) atoms.